The Bertz CT molecular complexity index is 559. The third-order valence-electron chi connectivity index (χ3n) is 3.16. The van der Waals surface area contributed by atoms with Crippen molar-refractivity contribution in [3.05, 3.63) is 28.8 Å². The van der Waals surface area contributed by atoms with Gasteiger partial charge in [0.05, 0.1) is 5.52 Å². The summed E-state index contributed by atoms with van der Waals surface area (Å²) in [4.78, 5) is 18.9. The first kappa shape index (κ1) is 13.4. The summed E-state index contributed by atoms with van der Waals surface area (Å²) in [5.41, 5.74) is 1.56. The van der Waals surface area contributed by atoms with Crippen LogP contribution >= 0.6 is 21.7 Å². The fraction of sp³-hybridized carbons (Fsp3) is 0.455. The molecule has 0 spiro atoms. The molecule has 2 N–H and O–H groups in total. The Morgan fingerprint density at radius 1 is 1.33 bits per heavy atom. The maximum atomic E-state index is 11.9. The second kappa shape index (κ2) is 6.22. The zero-order valence-corrected chi connectivity index (χ0v) is 11.2. The maximum Gasteiger partial charge on any atom is 0.327 e. The summed E-state index contributed by atoms with van der Waals surface area (Å²) in [6.07, 6.45) is 3.70. The van der Waals surface area contributed by atoms with E-state index in [-0.39, 0.29) is 5.69 Å². The molecule has 1 aliphatic rings. The number of H-pyrrole nitrogens is 1. The Labute approximate surface area is 114 Å². The summed E-state index contributed by atoms with van der Waals surface area (Å²) in [6, 6.07) is 4.11. The number of hydrogen-bond donors (Lipinski definition) is 2. The number of rotatable bonds is 1. The SMILES string of the molecule is ClCl.O=c1[nH]c2ncccc2n1C1CCNCC1. The van der Waals surface area contributed by atoms with Gasteiger partial charge in [0.1, 0.15) is 0 Å². The molecule has 0 radical (unpaired) electrons. The normalized spacial score (nSPS) is 16.3. The van der Waals surface area contributed by atoms with E-state index in [1.54, 1.807) is 6.20 Å². The molecular weight excluding hydrogens is 275 g/mol. The molecule has 0 unspecified atom stereocenters. The van der Waals surface area contributed by atoms with Crippen molar-refractivity contribution >= 4 is 32.9 Å². The standard InChI is InChI=1S/C11H14N4O.Cl2/c16-11-14-10-9(2-1-5-13-10)15(11)8-3-6-12-7-4-8;1-2/h1-2,5,8,12H,3-4,6-7H2,(H,13,14,16);. The van der Waals surface area contributed by atoms with E-state index in [1.807, 2.05) is 16.7 Å². The van der Waals surface area contributed by atoms with Crippen molar-refractivity contribution in [1.29, 1.82) is 0 Å². The zero-order chi connectivity index (χ0) is 13.0. The van der Waals surface area contributed by atoms with Crippen LogP contribution < -0.4 is 11.0 Å². The highest BCUT2D eigenvalue weighted by molar-refractivity contribution is 6.85. The third-order valence-corrected chi connectivity index (χ3v) is 3.16. The molecule has 7 heteroatoms. The van der Waals surface area contributed by atoms with Crippen molar-refractivity contribution in [2.24, 2.45) is 0 Å². The van der Waals surface area contributed by atoms with Gasteiger partial charge in [0.2, 0.25) is 0 Å². The number of aromatic amines is 1. The summed E-state index contributed by atoms with van der Waals surface area (Å²) in [5.74, 6) is 0. The van der Waals surface area contributed by atoms with Gasteiger partial charge in [-0.25, -0.2) is 9.78 Å². The molecule has 1 aliphatic heterocycles. The first-order valence-corrected chi connectivity index (χ1v) is 6.91. The molecule has 2 aromatic heterocycles. The maximum absolute atomic E-state index is 11.9. The van der Waals surface area contributed by atoms with E-state index in [4.69, 9.17) is 0 Å². The van der Waals surface area contributed by atoms with E-state index < -0.39 is 0 Å². The topological polar surface area (TPSA) is 62.7 Å². The van der Waals surface area contributed by atoms with E-state index in [1.165, 1.54) is 0 Å². The lowest BCUT2D eigenvalue weighted by Crippen LogP contribution is -2.33. The molecule has 18 heavy (non-hydrogen) atoms. The number of imidazole rings is 1. The first-order valence-electron chi connectivity index (χ1n) is 5.76. The van der Waals surface area contributed by atoms with Crippen LogP contribution in [-0.4, -0.2) is 27.6 Å². The molecular formula is C11H14Cl2N4O. The summed E-state index contributed by atoms with van der Waals surface area (Å²) in [5, 5.41) is 3.30. The average Bonchev–Trinajstić information content (AvgIpc) is 2.78. The number of nitrogens with one attached hydrogen (secondary N) is 2. The Kier molecular flexibility index (Phi) is 4.63. The lowest BCUT2D eigenvalue weighted by molar-refractivity contribution is 0.368. The van der Waals surface area contributed by atoms with E-state index in [9.17, 15) is 4.79 Å². The lowest BCUT2D eigenvalue weighted by Gasteiger charge is -2.23. The minimum Gasteiger partial charge on any atom is -0.317 e. The molecule has 2 aromatic rings. The van der Waals surface area contributed by atoms with Crippen LogP contribution in [0.2, 0.25) is 0 Å². The highest BCUT2D eigenvalue weighted by Gasteiger charge is 2.19. The molecule has 0 amide bonds. The Hall–Kier alpha value is -1.04. The second-order valence-corrected chi connectivity index (χ2v) is 4.15. The predicted octanol–water partition coefficient (Wildman–Crippen LogP) is 2.03. The summed E-state index contributed by atoms with van der Waals surface area (Å²) < 4.78 is 1.85. The Morgan fingerprint density at radius 2 is 2.06 bits per heavy atom. The van der Waals surface area contributed by atoms with Gasteiger partial charge >= 0.3 is 5.69 Å². The number of halogens is 2. The van der Waals surface area contributed by atoms with Crippen molar-refractivity contribution in [3.8, 4) is 0 Å². The Balaban J connectivity index is 0.000000574. The van der Waals surface area contributed by atoms with Gasteiger partial charge in [0, 0.05) is 33.9 Å². The van der Waals surface area contributed by atoms with Gasteiger partial charge < -0.3 is 5.32 Å². The molecule has 0 atom stereocenters. The van der Waals surface area contributed by atoms with E-state index in [2.05, 4.69) is 37.0 Å². The molecule has 0 aliphatic carbocycles. The van der Waals surface area contributed by atoms with Crippen molar-refractivity contribution in [3.63, 3.8) is 0 Å². The largest absolute Gasteiger partial charge is 0.327 e. The number of pyridine rings is 1. The molecule has 3 heterocycles. The lowest BCUT2D eigenvalue weighted by atomic mass is 10.1. The van der Waals surface area contributed by atoms with Crippen molar-refractivity contribution < 1.29 is 0 Å². The average molecular weight is 289 g/mol. The van der Waals surface area contributed by atoms with Crippen LogP contribution in [0.1, 0.15) is 18.9 Å². The Morgan fingerprint density at radius 3 is 2.78 bits per heavy atom. The summed E-state index contributed by atoms with van der Waals surface area (Å²) >= 11 is 0. The van der Waals surface area contributed by atoms with Gasteiger partial charge in [0.15, 0.2) is 5.65 Å². The van der Waals surface area contributed by atoms with Crippen LogP contribution in [0, 0.1) is 0 Å². The summed E-state index contributed by atoms with van der Waals surface area (Å²) in [6.45, 7) is 1.95. The quantitative estimate of drug-likeness (QED) is 0.844. The minimum absolute atomic E-state index is 0.0411. The van der Waals surface area contributed by atoms with Crippen molar-refractivity contribution in [2.75, 3.05) is 13.1 Å². The van der Waals surface area contributed by atoms with Gasteiger partial charge in [-0.15, -0.1) is 0 Å². The number of fused-ring (bicyclic) bond motifs is 1. The van der Waals surface area contributed by atoms with Gasteiger partial charge in [-0.1, -0.05) is 0 Å². The van der Waals surface area contributed by atoms with Crippen LogP contribution in [0.3, 0.4) is 0 Å². The third kappa shape index (κ3) is 2.53. The van der Waals surface area contributed by atoms with E-state index >= 15 is 0 Å². The van der Waals surface area contributed by atoms with Gasteiger partial charge in [-0.2, -0.15) is 0 Å². The van der Waals surface area contributed by atoms with Crippen molar-refractivity contribution in [1.82, 2.24) is 19.9 Å². The monoisotopic (exact) mass is 288 g/mol. The molecule has 98 valence electrons. The fourth-order valence-electron chi connectivity index (χ4n) is 2.39. The zero-order valence-electron chi connectivity index (χ0n) is 9.70. The molecule has 0 bridgehead atoms. The van der Waals surface area contributed by atoms with Gasteiger partial charge in [0.25, 0.3) is 0 Å². The smallest absolute Gasteiger partial charge is 0.317 e. The second-order valence-electron chi connectivity index (χ2n) is 4.15. The van der Waals surface area contributed by atoms with E-state index in [0.29, 0.717) is 11.7 Å². The summed E-state index contributed by atoms with van der Waals surface area (Å²) in [7, 11) is 8.22. The highest BCUT2D eigenvalue weighted by atomic mass is 36.5. The van der Waals surface area contributed by atoms with Gasteiger partial charge in [-0.05, 0) is 38.1 Å². The van der Waals surface area contributed by atoms with Crippen LogP contribution in [0.5, 0.6) is 0 Å². The molecule has 1 fully saturated rings. The van der Waals surface area contributed by atoms with Crippen LogP contribution in [0.25, 0.3) is 11.2 Å². The van der Waals surface area contributed by atoms with Crippen LogP contribution in [-0.2, 0) is 0 Å². The van der Waals surface area contributed by atoms with Crippen molar-refractivity contribution in [2.45, 2.75) is 18.9 Å². The first-order chi connectivity index (χ1) is 8.86. The molecule has 3 rings (SSSR count). The van der Waals surface area contributed by atoms with Crippen LogP contribution in [0.15, 0.2) is 23.1 Å². The molecule has 0 saturated carbocycles. The van der Waals surface area contributed by atoms with Crippen LogP contribution in [0.4, 0.5) is 0 Å². The highest BCUT2D eigenvalue weighted by Crippen LogP contribution is 2.20. The minimum atomic E-state index is -0.0411. The number of nitrogens with zero attached hydrogens (tertiary/aromatic N) is 2. The fourth-order valence-corrected chi connectivity index (χ4v) is 2.39. The molecule has 0 aromatic carbocycles. The number of aromatic nitrogens is 3. The number of hydrogen-bond acceptors (Lipinski definition) is 3. The number of piperidine rings is 1. The molecule has 1 saturated heterocycles. The van der Waals surface area contributed by atoms with E-state index in [0.717, 1.165) is 31.4 Å². The predicted molar refractivity (Wildman–Crippen MR) is 73.2 cm³/mol. The molecule has 5 nitrogen and oxygen atoms in total. The van der Waals surface area contributed by atoms with Gasteiger partial charge in [-0.3, -0.25) is 9.55 Å².